The molecule has 0 saturated heterocycles. The molecule has 2 aromatic carbocycles. The number of aryl methyl sites for hydroxylation is 1. The van der Waals surface area contributed by atoms with E-state index in [0.717, 1.165) is 23.6 Å². The van der Waals surface area contributed by atoms with Crippen molar-refractivity contribution in [3.8, 4) is 17.6 Å². The maximum absolute atomic E-state index is 8.95. The van der Waals surface area contributed by atoms with Crippen molar-refractivity contribution in [2.45, 2.75) is 26.8 Å². The molecule has 0 fully saturated rings. The van der Waals surface area contributed by atoms with E-state index in [2.05, 4.69) is 37.4 Å². The van der Waals surface area contributed by atoms with Crippen LogP contribution in [0.4, 0.5) is 0 Å². The van der Waals surface area contributed by atoms with Gasteiger partial charge in [-0.25, -0.2) is 0 Å². The minimum absolute atomic E-state index is 0.327. The van der Waals surface area contributed by atoms with E-state index < -0.39 is 0 Å². The normalized spacial score (nSPS) is 11.7. The lowest BCUT2D eigenvalue weighted by Gasteiger charge is -2.14. The van der Waals surface area contributed by atoms with Gasteiger partial charge in [0.05, 0.1) is 11.6 Å². The molecule has 2 rings (SSSR count). The van der Waals surface area contributed by atoms with E-state index in [0.29, 0.717) is 11.6 Å². The average Bonchev–Trinajstić information content (AvgIpc) is 2.50. The summed E-state index contributed by atoms with van der Waals surface area (Å²) in [5.41, 5.74) is 2.85. The van der Waals surface area contributed by atoms with Crippen molar-refractivity contribution in [1.82, 2.24) is 5.32 Å². The summed E-state index contributed by atoms with van der Waals surface area (Å²) in [6, 6.07) is 16.0. The van der Waals surface area contributed by atoms with Gasteiger partial charge in [0.2, 0.25) is 0 Å². The zero-order valence-corrected chi connectivity index (χ0v) is 12.7. The van der Waals surface area contributed by atoms with Crippen molar-refractivity contribution >= 4 is 0 Å². The molecule has 0 aromatic heterocycles. The number of nitriles is 1. The maximum Gasteiger partial charge on any atom is 0.131 e. The molecule has 3 nitrogen and oxygen atoms in total. The summed E-state index contributed by atoms with van der Waals surface area (Å²) in [5.74, 6) is 1.50. The Morgan fingerprint density at radius 3 is 2.52 bits per heavy atom. The van der Waals surface area contributed by atoms with Crippen LogP contribution in [-0.2, 0) is 0 Å². The molecule has 0 bridgehead atoms. The Morgan fingerprint density at radius 1 is 1.19 bits per heavy atom. The van der Waals surface area contributed by atoms with E-state index in [9.17, 15) is 0 Å². The van der Waals surface area contributed by atoms with Crippen LogP contribution < -0.4 is 10.1 Å². The van der Waals surface area contributed by atoms with Crippen LogP contribution in [0.15, 0.2) is 42.5 Å². The van der Waals surface area contributed by atoms with Gasteiger partial charge in [-0.1, -0.05) is 25.1 Å². The van der Waals surface area contributed by atoms with Crippen LogP contribution in [0.1, 0.15) is 36.6 Å². The fourth-order valence-corrected chi connectivity index (χ4v) is 2.16. The molecule has 1 unspecified atom stereocenters. The zero-order valence-electron chi connectivity index (χ0n) is 12.7. The van der Waals surface area contributed by atoms with Crippen molar-refractivity contribution in [3.05, 3.63) is 59.2 Å². The number of rotatable bonds is 5. The predicted octanol–water partition coefficient (Wildman–Crippen LogP) is 4.33. The fraction of sp³-hybridized carbons (Fsp3) is 0.278. The molecule has 0 saturated carbocycles. The third-order valence-electron chi connectivity index (χ3n) is 3.44. The van der Waals surface area contributed by atoms with Crippen molar-refractivity contribution in [1.29, 1.82) is 5.26 Å². The molecule has 0 amide bonds. The molecule has 21 heavy (non-hydrogen) atoms. The van der Waals surface area contributed by atoms with E-state index in [-0.39, 0.29) is 0 Å². The summed E-state index contributed by atoms with van der Waals surface area (Å²) >= 11 is 0. The number of benzene rings is 2. The van der Waals surface area contributed by atoms with Gasteiger partial charge in [-0.2, -0.15) is 5.26 Å². The number of hydrogen-bond acceptors (Lipinski definition) is 3. The van der Waals surface area contributed by atoms with Crippen molar-refractivity contribution in [2.24, 2.45) is 0 Å². The van der Waals surface area contributed by atoms with E-state index in [1.165, 1.54) is 5.56 Å². The van der Waals surface area contributed by atoms with Gasteiger partial charge in [-0.3, -0.25) is 0 Å². The molecule has 0 spiro atoms. The molecule has 0 heterocycles. The smallest absolute Gasteiger partial charge is 0.131 e. The Balaban J connectivity index is 2.15. The first-order chi connectivity index (χ1) is 10.1. The third-order valence-corrected chi connectivity index (χ3v) is 3.44. The second-order valence-corrected chi connectivity index (χ2v) is 5.04. The van der Waals surface area contributed by atoms with Gasteiger partial charge in [0.1, 0.15) is 11.5 Å². The first-order valence-electron chi connectivity index (χ1n) is 7.16. The van der Waals surface area contributed by atoms with E-state index in [1.54, 1.807) is 12.1 Å². The van der Waals surface area contributed by atoms with Crippen molar-refractivity contribution < 1.29 is 4.74 Å². The molecule has 0 aliphatic heterocycles. The summed E-state index contributed by atoms with van der Waals surface area (Å²) in [7, 11) is 0. The molecule has 1 atom stereocenters. The Morgan fingerprint density at radius 2 is 1.90 bits per heavy atom. The van der Waals surface area contributed by atoms with Crippen LogP contribution in [0, 0.1) is 18.3 Å². The van der Waals surface area contributed by atoms with Gasteiger partial charge in [0.25, 0.3) is 0 Å². The Hall–Kier alpha value is -2.31. The predicted molar refractivity (Wildman–Crippen MR) is 84.5 cm³/mol. The standard InChI is InChI=1S/C18H20N2O/c1-4-20-14(3)16-7-9-17(10-8-16)21-18-11-15(12-19)6-5-13(18)2/h5-11,14,20H,4H2,1-3H3. The molecule has 108 valence electrons. The third kappa shape index (κ3) is 3.84. The van der Waals surface area contributed by atoms with Crippen molar-refractivity contribution in [2.75, 3.05) is 6.54 Å². The first kappa shape index (κ1) is 15.1. The van der Waals surface area contributed by atoms with Gasteiger partial charge >= 0.3 is 0 Å². The summed E-state index contributed by atoms with van der Waals surface area (Å²) < 4.78 is 5.87. The first-order valence-corrected chi connectivity index (χ1v) is 7.16. The van der Waals surface area contributed by atoms with Crippen LogP contribution >= 0.6 is 0 Å². The average molecular weight is 280 g/mol. The Labute approximate surface area is 126 Å². The Kier molecular flexibility index (Phi) is 4.97. The zero-order chi connectivity index (χ0) is 15.2. The number of nitrogens with one attached hydrogen (secondary N) is 1. The van der Waals surface area contributed by atoms with Gasteiger partial charge in [0.15, 0.2) is 0 Å². The lowest BCUT2D eigenvalue weighted by atomic mass is 10.1. The molecule has 0 aliphatic carbocycles. The van der Waals surface area contributed by atoms with Gasteiger partial charge in [-0.05, 0) is 55.8 Å². The topological polar surface area (TPSA) is 45.0 Å². The molecule has 1 N–H and O–H groups in total. The monoisotopic (exact) mass is 280 g/mol. The highest BCUT2D eigenvalue weighted by Crippen LogP contribution is 2.27. The summed E-state index contributed by atoms with van der Waals surface area (Å²) in [4.78, 5) is 0. The molecule has 0 radical (unpaired) electrons. The largest absolute Gasteiger partial charge is 0.457 e. The molecule has 0 aliphatic rings. The number of hydrogen-bond donors (Lipinski definition) is 1. The lowest BCUT2D eigenvalue weighted by Crippen LogP contribution is -2.17. The van der Waals surface area contributed by atoms with Crippen LogP contribution in [0.25, 0.3) is 0 Å². The van der Waals surface area contributed by atoms with Crippen LogP contribution in [-0.4, -0.2) is 6.54 Å². The van der Waals surface area contributed by atoms with E-state index in [1.807, 2.05) is 25.1 Å². The summed E-state index contributed by atoms with van der Waals surface area (Å²) in [6.45, 7) is 7.15. The second kappa shape index (κ2) is 6.92. The molecular formula is C18H20N2O. The highest BCUT2D eigenvalue weighted by molar-refractivity contribution is 5.44. The van der Waals surface area contributed by atoms with Crippen LogP contribution in [0.2, 0.25) is 0 Å². The van der Waals surface area contributed by atoms with Gasteiger partial charge in [-0.15, -0.1) is 0 Å². The quantitative estimate of drug-likeness (QED) is 0.886. The van der Waals surface area contributed by atoms with E-state index >= 15 is 0 Å². The fourth-order valence-electron chi connectivity index (χ4n) is 2.16. The van der Waals surface area contributed by atoms with E-state index in [4.69, 9.17) is 10.00 Å². The SMILES string of the molecule is CCNC(C)c1ccc(Oc2cc(C#N)ccc2C)cc1. The van der Waals surface area contributed by atoms with Crippen LogP contribution in [0.3, 0.4) is 0 Å². The summed E-state index contributed by atoms with van der Waals surface area (Å²) in [5, 5.41) is 12.3. The maximum atomic E-state index is 8.95. The lowest BCUT2D eigenvalue weighted by molar-refractivity contribution is 0.478. The van der Waals surface area contributed by atoms with Gasteiger partial charge < -0.3 is 10.1 Å². The number of ether oxygens (including phenoxy) is 1. The number of nitrogens with zero attached hydrogens (tertiary/aromatic N) is 1. The highest BCUT2D eigenvalue weighted by atomic mass is 16.5. The minimum Gasteiger partial charge on any atom is -0.457 e. The molecule has 3 heteroatoms. The molecule has 2 aromatic rings. The minimum atomic E-state index is 0.327. The Bertz CT molecular complexity index is 641. The van der Waals surface area contributed by atoms with Crippen LogP contribution in [0.5, 0.6) is 11.5 Å². The summed E-state index contributed by atoms with van der Waals surface area (Å²) in [6.07, 6.45) is 0. The van der Waals surface area contributed by atoms with Gasteiger partial charge in [0, 0.05) is 6.04 Å². The second-order valence-electron chi connectivity index (χ2n) is 5.04. The van der Waals surface area contributed by atoms with Crippen molar-refractivity contribution in [3.63, 3.8) is 0 Å². The molecular weight excluding hydrogens is 260 g/mol. The highest BCUT2D eigenvalue weighted by Gasteiger charge is 2.06.